The first kappa shape index (κ1) is 14.6. The number of carbonyl (C=O) groups is 1. The van der Waals surface area contributed by atoms with Crippen molar-refractivity contribution in [3.63, 3.8) is 0 Å². The van der Waals surface area contributed by atoms with E-state index < -0.39 is 11.8 Å². The Labute approximate surface area is 128 Å². The molecule has 20 heavy (non-hydrogen) atoms. The average Bonchev–Trinajstić information content (AvgIpc) is 2.41. The van der Waals surface area contributed by atoms with E-state index in [1.54, 1.807) is 6.07 Å². The fourth-order valence-electron chi connectivity index (χ4n) is 1.82. The van der Waals surface area contributed by atoms with Crippen molar-refractivity contribution in [1.82, 2.24) is 0 Å². The summed E-state index contributed by atoms with van der Waals surface area (Å²) in [6, 6.07) is 6.92. The van der Waals surface area contributed by atoms with Crippen molar-refractivity contribution in [3.8, 4) is 22.6 Å². The third-order valence-corrected chi connectivity index (χ3v) is 3.59. The molecule has 2 aromatic rings. The summed E-state index contributed by atoms with van der Waals surface area (Å²) in [4.78, 5) is 11.1. The molecule has 0 radical (unpaired) electrons. The Bertz CT molecular complexity index is 685. The number of methoxy groups -OCH3 is 1. The van der Waals surface area contributed by atoms with Crippen LogP contribution in [0.3, 0.4) is 0 Å². The smallest absolute Gasteiger partial charge is 0.339 e. The average molecular weight is 388 g/mol. The zero-order chi connectivity index (χ0) is 14.9. The van der Waals surface area contributed by atoms with E-state index >= 15 is 0 Å². The molecule has 2 aromatic carbocycles. The van der Waals surface area contributed by atoms with Gasteiger partial charge in [-0.2, -0.15) is 0 Å². The number of benzene rings is 2. The molecule has 0 unspecified atom stereocenters. The quantitative estimate of drug-likeness (QED) is 0.790. The Morgan fingerprint density at radius 1 is 1.30 bits per heavy atom. The second kappa shape index (κ2) is 5.66. The molecular formula is C14H10FIO4. The summed E-state index contributed by atoms with van der Waals surface area (Å²) in [6.45, 7) is 0. The van der Waals surface area contributed by atoms with Crippen LogP contribution in [0.5, 0.6) is 11.5 Å². The van der Waals surface area contributed by atoms with E-state index in [0.29, 0.717) is 20.4 Å². The second-order valence-corrected chi connectivity index (χ2v) is 5.17. The zero-order valence-electron chi connectivity index (χ0n) is 10.4. The number of phenols is 1. The van der Waals surface area contributed by atoms with E-state index in [1.807, 2.05) is 22.6 Å². The number of ether oxygens (including phenoxy) is 1. The van der Waals surface area contributed by atoms with E-state index in [4.69, 9.17) is 9.84 Å². The Morgan fingerprint density at radius 3 is 2.60 bits per heavy atom. The maximum Gasteiger partial charge on any atom is 0.339 e. The SMILES string of the molecule is COc1cc(F)ccc1-c1cc(I)c(O)c(C(=O)O)c1. The number of carboxylic acid groups (broad SMARTS) is 1. The molecule has 4 nitrogen and oxygen atoms in total. The topological polar surface area (TPSA) is 66.8 Å². The number of halogens is 2. The van der Waals surface area contributed by atoms with Gasteiger partial charge in [0.1, 0.15) is 22.9 Å². The predicted octanol–water partition coefficient (Wildman–Crippen LogP) is 3.51. The molecule has 0 aliphatic heterocycles. The normalized spacial score (nSPS) is 10.3. The predicted molar refractivity (Wildman–Crippen MR) is 79.7 cm³/mol. The molecule has 0 spiro atoms. The van der Waals surface area contributed by atoms with Crippen molar-refractivity contribution in [2.24, 2.45) is 0 Å². The monoisotopic (exact) mass is 388 g/mol. The van der Waals surface area contributed by atoms with E-state index in [2.05, 4.69) is 0 Å². The molecule has 0 bridgehead atoms. The standard InChI is InChI=1S/C14H10FIO4/c1-20-12-6-8(15)2-3-9(12)7-4-10(14(18)19)13(17)11(16)5-7/h2-6,17H,1H3,(H,18,19). The highest BCUT2D eigenvalue weighted by molar-refractivity contribution is 14.1. The van der Waals surface area contributed by atoms with Crippen LogP contribution in [0.25, 0.3) is 11.1 Å². The third-order valence-electron chi connectivity index (χ3n) is 2.77. The van der Waals surface area contributed by atoms with Gasteiger partial charge >= 0.3 is 5.97 Å². The van der Waals surface area contributed by atoms with Crippen molar-refractivity contribution < 1.29 is 24.1 Å². The number of carboxylic acids is 1. The van der Waals surface area contributed by atoms with E-state index in [9.17, 15) is 14.3 Å². The van der Waals surface area contributed by atoms with Crippen molar-refractivity contribution in [1.29, 1.82) is 0 Å². The van der Waals surface area contributed by atoms with Gasteiger partial charge in [0, 0.05) is 11.6 Å². The zero-order valence-corrected chi connectivity index (χ0v) is 12.5. The lowest BCUT2D eigenvalue weighted by molar-refractivity contribution is 0.0693. The van der Waals surface area contributed by atoms with Gasteiger partial charge in [-0.3, -0.25) is 0 Å². The molecule has 0 atom stereocenters. The first-order valence-corrected chi connectivity index (χ1v) is 6.61. The van der Waals surface area contributed by atoms with Gasteiger partial charge in [0.05, 0.1) is 10.7 Å². The molecule has 2 N–H and O–H groups in total. The highest BCUT2D eigenvalue weighted by Crippen LogP contribution is 2.35. The fraction of sp³-hybridized carbons (Fsp3) is 0.0714. The summed E-state index contributed by atoms with van der Waals surface area (Å²) < 4.78 is 18.7. The van der Waals surface area contributed by atoms with Crippen LogP contribution in [-0.4, -0.2) is 23.3 Å². The number of hydrogen-bond acceptors (Lipinski definition) is 3. The molecule has 0 amide bonds. The van der Waals surface area contributed by atoms with Crippen LogP contribution < -0.4 is 4.74 Å². The van der Waals surface area contributed by atoms with Crippen molar-refractivity contribution >= 4 is 28.6 Å². The van der Waals surface area contributed by atoms with Crippen molar-refractivity contribution in [3.05, 3.63) is 45.3 Å². The highest BCUT2D eigenvalue weighted by Gasteiger charge is 2.17. The van der Waals surface area contributed by atoms with Gasteiger partial charge in [0.25, 0.3) is 0 Å². The van der Waals surface area contributed by atoms with Crippen LogP contribution in [0.2, 0.25) is 0 Å². The van der Waals surface area contributed by atoms with Gasteiger partial charge in [-0.25, -0.2) is 9.18 Å². The first-order valence-electron chi connectivity index (χ1n) is 5.53. The molecule has 6 heteroatoms. The van der Waals surface area contributed by atoms with E-state index in [-0.39, 0.29) is 11.3 Å². The summed E-state index contributed by atoms with van der Waals surface area (Å²) in [6.07, 6.45) is 0. The molecule has 0 saturated carbocycles. The minimum Gasteiger partial charge on any atom is -0.506 e. The highest BCUT2D eigenvalue weighted by atomic mass is 127. The van der Waals surface area contributed by atoms with Gasteiger partial charge in [-0.15, -0.1) is 0 Å². The molecule has 0 heterocycles. The van der Waals surface area contributed by atoms with Crippen LogP contribution in [-0.2, 0) is 0 Å². The maximum absolute atomic E-state index is 13.2. The molecule has 0 fully saturated rings. The van der Waals surface area contributed by atoms with Crippen LogP contribution in [0.15, 0.2) is 30.3 Å². The lowest BCUT2D eigenvalue weighted by Crippen LogP contribution is -1.99. The second-order valence-electron chi connectivity index (χ2n) is 4.00. The maximum atomic E-state index is 13.2. The molecule has 0 aliphatic carbocycles. The minimum absolute atomic E-state index is 0.210. The Kier molecular flexibility index (Phi) is 4.12. The van der Waals surface area contributed by atoms with E-state index in [1.165, 1.54) is 31.4 Å². The van der Waals surface area contributed by atoms with Gasteiger partial charge in [-0.1, -0.05) is 0 Å². The van der Waals surface area contributed by atoms with E-state index in [0.717, 1.165) is 0 Å². The van der Waals surface area contributed by atoms with Crippen LogP contribution >= 0.6 is 22.6 Å². The molecular weight excluding hydrogens is 378 g/mol. The summed E-state index contributed by atoms with van der Waals surface area (Å²) in [5.41, 5.74) is 0.869. The third kappa shape index (κ3) is 2.69. The number of aromatic carboxylic acids is 1. The number of rotatable bonds is 3. The molecule has 0 aromatic heterocycles. The fourth-order valence-corrected chi connectivity index (χ4v) is 2.45. The summed E-state index contributed by atoms with van der Waals surface area (Å²) in [5.74, 6) is -1.67. The van der Waals surface area contributed by atoms with Gasteiger partial charge in [-0.05, 0) is 52.4 Å². The number of hydrogen-bond donors (Lipinski definition) is 2. The lowest BCUT2D eigenvalue weighted by atomic mass is 10.0. The number of aromatic hydroxyl groups is 1. The Morgan fingerprint density at radius 2 is 2.00 bits per heavy atom. The summed E-state index contributed by atoms with van der Waals surface area (Å²) >= 11 is 1.84. The summed E-state index contributed by atoms with van der Waals surface area (Å²) in [5, 5.41) is 18.8. The lowest BCUT2D eigenvalue weighted by Gasteiger charge is -2.11. The Balaban J connectivity index is 2.67. The molecule has 0 aliphatic rings. The molecule has 104 valence electrons. The largest absolute Gasteiger partial charge is 0.506 e. The van der Waals surface area contributed by atoms with Crippen LogP contribution in [0.1, 0.15) is 10.4 Å². The minimum atomic E-state index is -1.23. The Hall–Kier alpha value is -1.83. The molecule has 2 rings (SSSR count). The van der Waals surface area contributed by atoms with Gasteiger partial charge < -0.3 is 14.9 Å². The van der Waals surface area contributed by atoms with Crippen LogP contribution in [0, 0.1) is 9.39 Å². The first-order chi connectivity index (χ1) is 9.43. The summed E-state index contributed by atoms with van der Waals surface area (Å²) in [7, 11) is 1.40. The molecule has 0 saturated heterocycles. The van der Waals surface area contributed by atoms with Crippen molar-refractivity contribution in [2.75, 3.05) is 7.11 Å². The van der Waals surface area contributed by atoms with Gasteiger partial charge in [0.15, 0.2) is 0 Å². The van der Waals surface area contributed by atoms with Gasteiger partial charge in [0.2, 0.25) is 0 Å². The van der Waals surface area contributed by atoms with Crippen LogP contribution in [0.4, 0.5) is 4.39 Å². The van der Waals surface area contributed by atoms with Crippen molar-refractivity contribution in [2.45, 2.75) is 0 Å².